The van der Waals surface area contributed by atoms with E-state index in [4.69, 9.17) is 16.7 Å². The lowest BCUT2D eigenvalue weighted by Crippen LogP contribution is -2.26. The Morgan fingerprint density at radius 1 is 1.47 bits per heavy atom. The van der Waals surface area contributed by atoms with Crippen LogP contribution in [0.25, 0.3) is 0 Å². The number of halogens is 2. The van der Waals surface area contributed by atoms with Crippen LogP contribution in [0.2, 0.25) is 5.02 Å². The molecule has 104 valence electrons. The van der Waals surface area contributed by atoms with Crippen LogP contribution < -0.4 is 10.5 Å². The van der Waals surface area contributed by atoms with Crippen molar-refractivity contribution in [2.75, 3.05) is 6.54 Å². The van der Waals surface area contributed by atoms with E-state index in [9.17, 15) is 13.2 Å². The minimum absolute atomic E-state index is 0.128. The summed E-state index contributed by atoms with van der Waals surface area (Å²) in [7, 11) is -3.94. The molecule has 0 unspecified atom stereocenters. The van der Waals surface area contributed by atoms with Crippen LogP contribution >= 0.6 is 27.5 Å². The molecular formula is C11H12BrClN2O3S. The average Bonchev–Trinajstić information content (AvgIpc) is 3.11. The van der Waals surface area contributed by atoms with Gasteiger partial charge in [0.1, 0.15) is 0 Å². The molecule has 0 atom stereocenters. The molecule has 1 saturated carbocycles. The van der Waals surface area contributed by atoms with Gasteiger partial charge in [-0.2, -0.15) is 0 Å². The van der Waals surface area contributed by atoms with E-state index in [1.54, 1.807) is 0 Å². The van der Waals surface area contributed by atoms with Crippen LogP contribution in [0.4, 0.5) is 0 Å². The van der Waals surface area contributed by atoms with E-state index < -0.39 is 10.0 Å². The number of primary sulfonamides is 1. The zero-order valence-electron chi connectivity index (χ0n) is 9.82. The lowest BCUT2D eigenvalue weighted by Gasteiger charge is -2.09. The fourth-order valence-electron chi connectivity index (χ4n) is 1.56. The fraction of sp³-hybridized carbons (Fsp3) is 0.364. The molecule has 1 aliphatic carbocycles. The molecule has 0 radical (unpaired) electrons. The number of amides is 1. The van der Waals surface area contributed by atoms with Gasteiger partial charge in [0, 0.05) is 12.1 Å². The van der Waals surface area contributed by atoms with Crippen LogP contribution in [0.1, 0.15) is 23.2 Å². The first-order chi connectivity index (χ1) is 8.79. The second-order valence-corrected chi connectivity index (χ2v) is 7.20. The number of nitrogens with two attached hydrogens (primary N) is 1. The zero-order chi connectivity index (χ0) is 14.2. The molecule has 8 heteroatoms. The molecule has 1 aliphatic rings. The third-order valence-electron chi connectivity index (χ3n) is 2.81. The van der Waals surface area contributed by atoms with Gasteiger partial charge in [-0.1, -0.05) is 11.6 Å². The average molecular weight is 368 g/mol. The summed E-state index contributed by atoms with van der Waals surface area (Å²) in [4.78, 5) is 11.7. The van der Waals surface area contributed by atoms with E-state index >= 15 is 0 Å². The maximum Gasteiger partial charge on any atom is 0.251 e. The normalized spacial score (nSPS) is 15.3. The van der Waals surface area contributed by atoms with Crippen LogP contribution in [0.5, 0.6) is 0 Å². The topological polar surface area (TPSA) is 89.3 Å². The van der Waals surface area contributed by atoms with Gasteiger partial charge in [-0.05, 0) is 46.8 Å². The summed E-state index contributed by atoms with van der Waals surface area (Å²) in [5, 5.41) is 7.95. The van der Waals surface area contributed by atoms with Gasteiger partial charge in [0.25, 0.3) is 5.91 Å². The van der Waals surface area contributed by atoms with Crippen LogP contribution in [0.3, 0.4) is 0 Å². The predicted octanol–water partition coefficient (Wildman–Crippen LogP) is 1.89. The van der Waals surface area contributed by atoms with E-state index in [1.807, 2.05) is 0 Å². The molecule has 0 bridgehead atoms. The molecule has 1 fully saturated rings. The minimum atomic E-state index is -3.94. The van der Waals surface area contributed by atoms with Crippen molar-refractivity contribution in [3.05, 3.63) is 27.2 Å². The van der Waals surface area contributed by atoms with Crippen molar-refractivity contribution in [2.45, 2.75) is 17.7 Å². The molecular weight excluding hydrogens is 356 g/mol. The van der Waals surface area contributed by atoms with Gasteiger partial charge in [0.05, 0.1) is 14.4 Å². The quantitative estimate of drug-likeness (QED) is 0.851. The van der Waals surface area contributed by atoms with E-state index in [0.717, 1.165) is 12.8 Å². The molecule has 1 aromatic rings. The summed E-state index contributed by atoms with van der Waals surface area (Å²) in [6, 6.07) is 2.62. The highest BCUT2D eigenvalue weighted by Gasteiger charge is 2.23. The minimum Gasteiger partial charge on any atom is -0.352 e. The van der Waals surface area contributed by atoms with Gasteiger partial charge in [-0.15, -0.1) is 0 Å². The lowest BCUT2D eigenvalue weighted by molar-refractivity contribution is 0.0951. The molecule has 19 heavy (non-hydrogen) atoms. The van der Waals surface area contributed by atoms with Gasteiger partial charge >= 0.3 is 0 Å². The summed E-state index contributed by atoms with van der Waals surface area (Å²) in [6.07, 6.45) is 2.23. The Morgan fingerprint density at radius 3 is 2.63 bits per heavy atom. The highest BCUT2D eigenvalue weighted by Crippen LogP contribution is 2.31. The zero-order valence-corrected chi connectivity index (χ0v) is 13.0. The van der Waals surface area contributed by atoms with Gasteiger partial charge in [0.15, 0.2) is 0 Å². The van der Waals surface area contributed by atoms with Crippen molar-refractivity contribution in [2.24, 2.45) is 11.1 Å². The maximum absolute atomic E-state index is 11.9. The molecule has 0 saturated heterocycles. The molecule has 0 heterocycles. The number of carbonyl (C=O) groups excluding carboxylic acids is 1. The summed E-state index contributed by atoms with van der Waals surface area (Å²) >= 11 is 8.95. The van der Waals surface area contributed by atoms with Crippen molar-refractivity contribution >= 4 is 43.5 Å². The van der Waals surface area contributed by atoms with E-state index in [-0.39, 0.29) is 25.9 Å². The summed E-state index contributed by atoms with van der Waals surface area (Å²) in [5.74, 6) is 0.179. The van der Waals surface area contributed by atoms with Gasteiger partial charge in [0.2, 0.25) is 10.0 Å². The van der Waals surface area contributed by atoms with E-state index in [1.165, 1.54) is 12.1 Å². The SMILES string of the molecule is NS(=O)(=O)c1cc(C(=O)NCC2CC2)cc(Cl)c1Br. The number of hydrogen-bond acceptors (Lipinski definition) is 3. The Morgan fingerprint density at radius 2 is 2.11 bits per heavy atom. The number of nitrogens with one attached hydrogen (secondary N) is 1. The van der Waals surface area contributed by atoms with Crippen molar-refractivity contribution < 1.29 is 13.2 Å². The summed E-state index contributed by atoms with van der Waals surface area (Å²) in [5.41, 5.74) is 0.179. The second-order valence-electron chi connectivity index (χ2n) is 4.47. The first-order valence-corrected chi connectivity index (χ1v) is 8.31. The monoisotopic (exact) mass is 366 g/mol. The second kappa shape index (κ2) is 5.40. The first kappa shape index (κ1) is 14.8. The standard InChI is InChI=1S/C11H12BrClN2O3S/c12-10-8(13)3-7(4-9(10)19(14,17)18)11(16)15-5-6-1-2-6/h3-4,6H,1-2,5H2,(H,15,16)(H2,14,17,18). The Bertz CT molecular complexity index is 629. The van der Waals surface area contributed by atoms with Gasteiger partial charge in [-0.3, -0.25) is 4.79 Å². The van der Waals surface area contributed by atoms with Crippen LogP contribution in [-0.2, 0) is 10.0 Å². The third-order valence-corrected chi connectivity index (χ3v) is 5.39. The fourth-order valence-corrected chi connectivity index (χ4v) is 3.40. The summed E-state index contributed by atoms with van der Waals surface area (Å²) < 4.78 is 23.0. The number of benzene rings is 1. The van der Waals surface area contributed by atoms with Crippen molar-refractivity contribution in [3.8, 4) is 0 Å². The highest BCUT2D eigenvalue weighted by molar-refractivity contribution is 9.10. The molecule has 2 rings (SSSR count). The largest absolute Gasteiger partial charge is 0.352 e. The number of carbonyl (C=O) groups is 1. The van der Waals surface area contributed by atoms with Gasteiger partial charge in [-0.25, -0.2) is 13.6 Å². The highest BCUT2D eigenvalue weighted by atomic mass is 79.9. The van der Waals surface area contributed by atoms with Crippen LogP contribution in [0, 0.1) is 5.92 Å². The maximum atomic E-state index is 11.9. The molecule has 5 nitrogen and oxygen atoms in total. The Labute approximate surface area is 124 Å². The van der Waals surface area contributed by atoms with E-state index in [0.29, 0.717) is 12.5 Å². The molecule has 0 spiro atoms. The van der Waals surface area contributed by atoms with Crippen LogP contribution in [-0.4, -0.2) is 20.9 Å². The van der Waals surface area contributed by atoms with E-state index in [2.05, 4.69) is 21.2 Å². The molecule has 0 aliphatic heterocycles. The van der Waals surface area contributed by atoms with Crippen molar-refractivity contribution in [1.29, 1.82) is 0 Å². The third kappa shape index (κ3) is 3.68. The van der Waals surface area contributed by atoms with Crippen molar-refractivity contribution in [3.63, 3.8) is 0 Å². The first-order valence-electron chi connectivity index (χ1n) is 5.59. The van der Waals surface area contributed by atoms with Gasteiger partial charge < -0.3 is 5.32 Å². The molecule has 1 aromatic carbocycles. The molecule has 0 aromatic heterocycles. The summed E-state index contributed by atoms with van der Waals surface area (Å²) in [6.45, 7) is 0.594. The number of rotatable bonds is 4. The number of hydrogen-bond donors (Lipinski definition) is 2. The Balaban J connectivity index is 2.30. The molecule has 3 N–H and O–H groups in total. The van der Waals surface area contributed by atoms with Crippen molar-refractivity contribution in [1.82, 2.24) is 5.32 Å². The predicted molar refractivity (Wildman–Crippen MR) is 75.6 cm³/mol. The smallest absolute Gasteiger partial charge is 0.251 e. The Kier molecular flexibility index (Phi) is 4.20. The molecule has 1 amide bonds. The number of sulfonamides is 1. The van der Waals surface area contributed by atoms with Crippen LogP contribution in [0.15, 0.2) is 21.5 Å². The lowest BCUT2D eigenvalue weighted by atomic mass is 10.2. The Hall–Kier alpha value is -0.630.